The number of nitrogens with two attached hydrogens (primary N) is 2. The van der Waals surface area contributed by atoms with Crippen molar-refractivity contribution >= 4 is 23.6 Å². The maximum atomic E-state index is 12.3. The molecule has 1 aromatic carbocycles. The summed E-state index contributed by atoms with van der Waals surface area (Å²) in [6.45, 7) is 3.56. The Labute approximate surface area is 181 Å². The molecule has 0 bridgehead atoms. The average Bonchev–Trinajstić information content (AvgIpc) is 2.71. The molecule has 0 aliphatic rings. The minimum absolute atomic E-state index is 0.0523. The maximum Gasteiger partial charge on any atom is 0.573 e. The van der Waals surface area contributed by atoms with Crippen LogP contribution in [0.4, 0.5) is 24.9 Å². The quantitative estimate of drug-likeness (QED) is 0.400. The van der Waals surface area contributed by atoms with E-state index in [2.05, 4.69) is 25.3 Å². The first-order valence-electron chi connectivity index (χ1n) is 9.48. The smallest absolute Gasteiger partial charge is 0.489 e. The standard InChI is InChI=1S/C19H23F3N6O4/c1-3-11(31-12-4-6-13(7-5-12)32-19(20,21)22)9-25-18-27-14(17(24)30)8-15(28-18)26-10(2)16(23)29/h4-8,10-11H,3,9H2,1-2H3,(H2,23,29)(H2,24,30)(H2,25,26,27,28)/t10-,11?/m0/s1. The van der Waals surface area contributed by atoms with Gasteiger partial charge in [-0.05, 0) is 37.6 Å². The lowest BCUT2D eigenvalue weighted by molar-refractivity contribution is -0.274. The molecule has 0 radical (unpaired) electrons. The lowest BCUT2D eigenvalue weighted by atomic mass is 10.2. The lowest BCUT2D eigenvalue weighted by Gasteiger charge is -2.19. The summed E-state index contributed by atoms with van der Waals surface area (Å²) in [4.78, 5) is 31.0. The summed E-state index contributed by atoms with van der Waals surface area (Å²) in [5, 5.41) is 5.66. The summed E-state index contributed by atoms with van der Waals surface area (Å²) in [7, 11) is 0. The van der Waals surface area contributed by atoms with Crippen molar-refractivity contribution in [1.82, 2.24) is 9.97 Å². The van der Waals surface area contributed by atoms with Crippen LogP contribution in [0, 0.1) is 0 Å². The number of halogens is 3. The second-order valence-corrected chi connectivity index (χ2v) is 6.64. The fourth-order valence-corrected chi connectivity index (χ4v) is 2.41. The van der Waals surface area contributed by atoms with Crippen molar-refractivity contribution in [3.05, 3.63) is 36.0 Å². The van der Waals surface area contributed by atoms with Crippen LogP contribution in [0.25, 0.3) is 0 Å². The zero-order valence-electron chi connectivity index (χ0n) is 17.3. The third kappa shape index (κ3) is 7.81. The number of benzene rings is 1. The van der Waals surface area contributed by atoms with Gasteiger partial charge >= 0.3 is 6.36 Å². The van der Waals surface area contributed by atoms with Crippen molar-refractivity contribution in [2.45, 2.75) is 38.8 Å². The summed E-state index contributed by atoms with van der Waals surface area (Å²) in [5.74, 6) is -1.23. The minimum atomic E-state index is -4.78. The molecule has 6 N–H and O–H groups in total. The van der Waals surface area contributed by atoms with E-state index < -0.39 is 30.3 Å². The molecule has 2 rings (SSSR count). The molecule has 0 spiro atoms. The van der Waals surface area contributed by atoms with E-state index in [4.69, 9.17) is 16.2 Å². The van der Waals surface area contributed by atoms with Crippen LogP contribution < -0.4 is 31.6 Å². The molecule has 13 heteroatoms. The predicted molar refractivity (Wildman–Crippen MR) is 109 cm³/mol. The molecule has 32 heavy (non-hydrogen) atoms. The molecule has 2 atom stereocenters. The van der Waals surface area contributed by atoms with E-state index >= 15 is 0 Å². The number of carbonyl (C=O) groups excluding carboxylic acids is 2. The van der Waals surface area contributed by atoms with Gasteiger partial charge in [0.15, 0.2) is 0 Å². The summed E-state index contributed by atoms with van der Waals surface area (Å²) >= 11 is 0. The van der Waals surface area contributed by atoms with Gasteiger partial charge in [-0.3, -0.25) is 9.59 Å². The van der Waals surface area contributed by atoms with Crippen molar-refractivity contribution in [3.63, 3.8) is 0 Å². The minimum Gasteiger partial charge on any atom is -0.489 e. The zero-order chi connectivity index (χ0) is 23.9. The van der Waals surface area contributed by atoms with Crippen LogP contribution in [0.5, 0.6) is 11.5 Å². The van der Waals surface area contributed by atoms with Crippen LogP contribution in [-0.4, -0.2) is 46.8 Å². The highest BCUT2D eigenvalue weighted by Crippen LogP contribution is 2.25. The third-order valence-corrected chi connectivity index (χ3v) is 4.07. The van der Waals surface area contributed by atoms with Gasteiger partial charge < -0.3 is 31.6 Å². The number of hydrogen-bond donors (Lipinski definition) is 4. The molecule has 1 heterocycles. The summed E-state index contributed by atoms with van der Waals surface area (Å²) in [6, 6.07) is 5.50. The number of primary amides is 2. The second-order valence-electron chi connectivity index (χ2n) is 6.64. The molecule has 0 aliphatic carbocycles. The second kappa shape index (κ2) is 10.5. The molecule has 1 unspecified atom stereocenters. The lowest BCUT2D eigenvalue weighted by Crippen LogP contribution is -2.33. The molecule has 0 saturated heterocycles. The van der Waals surface area contributed by atoms with Gasteiger partial charge in [0, 0.05) is 6.07 Å². The number of anilines is 2. The summed E-state index contributed by atoms with van der Waals surface area (Å²) in [6.07, 6.45) is -4.65. The van der Waals surface area contributed by atoms with Gasteiger partial charge in [-0.15, -0.1) is 13.2 Å². The van der Waals surface area contributed by atoms with Gasteiger partial charge in [-0.1, -0.05) is 6.92 Å². The number of hydrogen-bond acceptors (Lipinski definition) is 8. The molecule has 10 nitrogen and oxygen atoms in total. The fourth-order valence-electron chi connectivity index (χ4n) is 2.41. The van der Waals surface area contributed by atoms with Crippen molar-refractivity contribution in [2.75, 3.05) is 17.2 Å². The molecule has 2 aromatic rings. The van der Waals surface area contributed by atoms with Crippen molar-refractivity contribution in [1.29, 1.82) is 0 Å². The Morgan fingerprint density at radius 1 is 1.12 bits per heavy atom. The monoisotopic (exact) mass is 456 g/mol. The van der Waals surface area contributed by atoms with E-state index in [1.54, 1.807) is 0 Å². The molecular formula is C19H23F3N6O4. The Morgan fingerprint density at radius 2 is 1.75 bits per heavy atom. The van der Waals surface area contributed by atoms with Crippen LogP contribution >= 0.6 is 0 Å². The normalized spacial score (nSPS) is 13.0. The number of carbonyl (C=O) groups is 2. The van der Waals surface area contributed by atoms with Crippen LogP contribution in [0.15, 0.2) is 30.3 Å². The Balaban J connectivity index is 2.05. The van der Waals surface area contributed by atoms with E-state index in [0.717, 1.165) is 12.1 Å². The van der Waals surface area contributed by atoms with Crippen molar-refractivity contribution in [3.8, 4) is 11.5 Å². The van der Waals surface area contributed by atoms with Crippen molar-refractivity contribution < 1.29 is 32.2 Å². The van der Waals surface area contributed by atoms with Gasteiger partial charge in [0.25, 0.3) is 5.91 Å². The molecule has 0 aliphatic heterocycles. The highest BCUT2D eigenvalue weighted by molar-refractivity contribution is 5.92. The number of alkyl halides is 3. The summed E-state index contributed by atoms with van der Waals surface area (Å²) < 4.78 is 46.3. The zero-order valence-corrected chi connectivity index (χ0v) is 17.3. The van der Waals surface area contributed by atoms with Gasteiger partial charge in [0.1, 0.15) is 35.2 Å². The van der Waals surface area contributed by atoms with Crippen LogP contribution in [0.1, 0.15) is 30.8 Å². The first-order valence-corrected chi connectivity index (χ1v) is 9.48. The Bertz CT molecular complexity index is 940. The highest BCUT2D eigenvalue weighted by atomic mass is 19.4. The Hall–Kier alpha value is -3.77. The Kier molecular flexibility index (Phi) is 8.04. The number of amides is 2. The number of nitrogens with one attached hydrogen (secondary N) is 2. The molecule has 1 aromatic heterocycles. The number of rotatable bonds is 11. The predicted octanol–water partition coefficient (Wildman–Crippen LogP) is 2.03. The Morgan fingerprint density at radius 3 is 2.28 bits per heavy atom. The highest BCUT2D eigenvalue weighted by Gasteiger charge is 2.31. The van der Waals surface area contributed by atoms with Crippen molar-refractivity contribution in [2.24, 2.45) is 11.5 Å². The molecule has 0 fully saturated rings. The van der Waals surface area contributed by atoms with Gasteiger partial charge in [0.05, 0.1) is 6.54 Å². The fraction of sp³-hybridized carbons (Fsp3) is 0.368. The topological polar surface area (TPSA) is 154 Å². The van der Waals surface area contributed by atoms with Crippen LogP contribution in [-0.2, 0) is 4.79 Å². The van der Waals surface area contributed by atoms with Gasteiger partial charge in [-0.2, -0.15) is 4.98 Å². The van der Waals surface area contributed by atoms with Gasteiger partial charge in [-0.25, -0.2) is 4.98 Å². The maximum absolute atomic E-state index is 12.3. The molecule has 0 saturated carbocycles. The number of nitrogens with zero attached hydrogens (tertiary/aromatic N) is 2. The summed E-state index contributed by atoms with van der Waals surface area (Å²) in [5.41, 5.74) is 10.4. The number of ether oxygens (including phenoxy) is 2. The van der Waals surface area contributed by atoms with Gasteiger partial charge in [0.2, 0.25) is 11.9 Å². The van der Waals surface area contributed by atoms with E-state index in [1.165, 1.54) is 25.1 Å². The molecule has 2 amide bonds. The van der Waals surface area contributed by atoms with E-state index in [1.807, 2.05) is 6.92 Å². The van der Waals surface area contributed by atoms with Crippen LogP contribution in [0.3, 0.4) is 0 Å². The first-order chi connectivity index (χ1) is 15.0. The van der Waals surface area contributed by atoms with E-state index in [-0.39, 0.29) is 29.8 Å². The van der Waals surface area contributed by atoms with E-state index in [0.29, 0.717) is 12.2 Å². The van der Waals surface area contributed by atoms with E-state index in [9.17, 15) is 22.8 Å². The molecular weight excluding hydrogens is 433 g/mol. The molecule has 174 valence electrons. The average molecular weight is 456 g/mol. The first kappa shape index (κ1) is 24.5. The third-order valence-electron chi connectivity index (χ3n) is 4.07. The SMILES string of the molecule is CCC(CNc1nc(N[C@@H](C)C(N)=O)cc(C(N)=O)n1)Oc1ccc(OC(F)(F)F)cc1. The largest absolute Gasteiger partial charge is 0.573 e. The van der Waals surface area contributed by atoms with Crippen LogP contribution in [0.2, 0.25) is 0 Å². The number of aromatic nitrogens is 2.